The fourth-order valence-corrected chi connectivity index (χ4v) is 3.35. The Labute approximate surface area is 180 Å². The molecule has 0 radical (unpaired) electrons. The van der Waals surface area contributed by atoms with Gasteiger partial charge in [0.25, 0.3) is 0 Å². The van der Waals surface area contributed by atoms with Crippen LogP contribution >= 0.6 is 0 Å². The molecule has 12 heteroatoms. The van der Waals surface area contributed by atoms with Crippen LogP contribution in [0.3, 0.4) is 0 Å². The van der Waals surface area contributed by atoms with Gasteiger partial charge in [-0.1, -0.05) is 0 Å². The summed E-state index contributed by atoms with van der Waals surface area (Å²) in [6, 6.07) is -4.05. The summed E-state index contributed by atoms with van der Waals surface area (Å²) < 4.78 is 0. The largest absolute Gasteiger partial charge is 0.481 e. The molecule has 31 heavy (non-hydrogen) atoms. The highest BCUT2D eigenvalue weighted by molar-refractivity contribution is 5.94. The van der Waals surface area contributed by atoms with E-state index < -0.39 is 53.8 Å². The van der Waals surface area contributed by atoms with Crippen LogP contribution in [0.5, 0.6) is 0 Å². The van der Waals surface area contributed by atoms with Crippen LogP contribution in [0.15, 0.2) is 0 Å². The Morgan fingerprint density at radius 1 is 1.06 bits per heavy atom. The first-order valence-electron chi connectivity index (χ1n) is 10.4. The van der Waals surface area contributed by atoms with Crippen molar-refractivity contribution in [2.24, 2.45) is 11.5 Å². The van der Waals surface area contributed by atoms with Gasteiger partial charge in [0, 0.05) is 13.0 Å². The monoisotopic (exact) mass is 443 g/mol. The van der Waals surface area contributed by atoms with E-state index in [1.165, 1.54) is 11.8 Å². The van der Waals surface area contributed by atoms with Crippen molar-refractivity contribution >= 4 is 29.7 Å². The summed E-state index contributed by atoms with van der Waals surface area (Å²) in [5.41, 5.74) is 10.9. The van der Waals surface area contributed by atoms with Gasteiger partial charge in [0.2, 0.25) is 17.7 Å². The second kappa shape index (κ2) is 12.8. The third-order valence-electron chi connectivity index (χ3n) is 5.08. The molecule has 1 aliphatic rings. The predicted molar refractivity (Wildman–Crippen MR) is 110 cm³/mol. The number of likely N-dealkylation sites (tertiary alicyclic amines) is 1. The molecular formula is C19H33N5O7. The van der Waals surface area contributed by atoms with Crippen molar-refractivity contribution in [1.82, 2.24) is 15.5 Å². The van der Waals surface area contributed by atoms with E-state index in [1.54, 1.807) is 0 Å². The van der Waals surface area contributed by atoms with Crippen LogP contribution in [0.4, 0.5) is 0 Å². The molecule has 0 bridgehead atoms. The maximum Gasteiger partial charge on any atom is 0.326 e. The predicted octanol–water partition coefficient (Wildman–Crippen LogP) is -1.63. The molecule has 0 aliphatic carbocycles. The van der Waals surface area contributed by atoms with Gasteiger partial charge in [0.05, 0.1) is 6.04 Å². The van der Waals surface area contributed by atoms with Gasteiger partial charge < -0.3 is 37.2 Å². The molecule has 1 fully saturated rings. The summed E-state index contributed by atoms with van der Waals surface area (Å²) in [5, 5.41) is 23.2. The normalized spacial score (nSPS) is 18.7. The maximum absolute atomic E-state index is 13.0. The third kappa shape index (κ3) is 8.50. The topological polar surface area (TPSA) is 205 Å². The van der Waals surface area contributed by atoms with Crippen LogP contribution in [-0.4, -0.2) is 82.0 Å². The van der Waals surface area contributed by atoms with Crippen molar-refractivity contribution in [3.63, 3.8) is 0 Å². The fourth-order valence-electron chi connectivity index (χ4n) is 3.35. The number of nitrogens with two attached hydrogens (primary N) is 2. The minimum Gasteiger partial charge on any atom is -0.481 e. The van der Waals surface area contributed by atoms with Crippen molar-refractivity contribution in [1.29, 1.82) is 0 Å². The van der Waals surface area contributed by atoms with Crippen molar-refractivity contribution in [2.45, 2.75) is 76.0 Å². The van der Waals surface area contributed by atoms with Crippen molar-refractivity contribution in [3.8, 4) is 0 Å². The lowest BCUT2D eigenvalue weighted by Crippen LogP contribution is -2.56. The van der Waals surface area contributed by atoms with E-state index in [9.17, 15) is 29.1 Å². The quantitative estimate of drug-likeness (QED) is 0.180. The van der Waals surface area contributed by atoms with Gasteiger partial charge in [-0.15, -0.1) is 0 Å². The number of nitrogens with one attached hydrogen (secondary N) is 2. The van der Waals surface area contributed by atoms with Gasteiger partial charge in [-0.05, 0) is 52.0 Å². The average Bonchev–Trinajstić information content (AvgIpc) is 3.19. The summed E-state index contributed by atoms with van der Waals surface area (Å²) in [7, 11) is 0. The molecule has 12 nitrogen and oxygen atoms in total. The lowest BCUT2D eigenvalue weighted by atomic mass is 10.1. The van der Waals surface area contributed by atoms with Crippen LogP contribution in [0, 0.1) is 0 Å². The number of carboxylic acid groups (broad SMARTS) is 2. The van der Waals surface area contributed by atoms with Gasteiger partial charge in [-0.2, -0.15) is 0 Å². The number of carbonyl (C=O) groups is 5. The molecule has 1 aliphatic heterocycles. The molecule has 0 spiro atoms. The van der Waals surface area contributed by atoms with Gasteiger partial charge in [0.1, 0.15) is 18.1 Å². The van der Waals surface area contributed by atoms with E-state index in [0.717, 1.165) is 0 Å². The van der Waals surface area contributed by atoms with Crippen LogP contribution in [-0.2, 0) is 24.0 Å². The van der Waals surface area contributed by atoms with E-state index >= 15 is 0 Å². The van der Waals surface area contributed by atoms with Gasteiger partial charge >= 0.3 is 11.9 Å². The van der Waals surface area contributed by atoms with E-state index in [4.69, 9.17) is 16.6 Å². The Morgan fingerprint density at radius 2 is 1.74 bits per heavy atom. The summed E-state index contributed by atoms with van der Waals surface area (Å²) in [6.45, 7) is 2.08. The van der Waals surface area contributed by atoms with Crippen molar-refractivity contribution < 1.29 is 34.2 Å². The summed E-state index contributed by atoms with van der Waals surface area (Å²) in [5.74, 6) is -4.12. The molecule has 0 aromatic carbocycles. The highest BCUT2D eigenvalue weighted by Crippen LogP contribution is 2.20. The zero-order valence-corrected chi connectivity index (χ0v) is 17.7. The lowest BCUT2D eigenvalue weighted by Gasteiger charge is -2.29. The van der Waals surface area contributed by atoms with Gasteiger partial charge in [-0.3, -0.25) is 19.2 Å². The summed E-state index contributed by atoms with van der Waals surface area (Å²) >= 11 is 0. The van der Waals surface area contributed by atoms with Crippen LogP contribution < -0.4 is 22.1 Å². The Balaban J connectivity index is 2.89. The smallest absolute Gasteiger partial charge is 0.326 e. The van der Waals surface area contributed by atoms with Gasteiger partial charge in [0.15, 0.2) is 0 Å². The number of aliphatic carboxylic acids is 2. The Morgan fingerprint density at radius 3 is 2.29 bits per heavy atom. The van der Waals surface area contributed by atoms with E-state index in [1.807, 2.05) is 0 Å². The molecule has 0 aromatic heterocycles. The summed E-state index contributed by atoms with van der Waals surface area (Å²) in [4.78, 5) is 61.4. The fraction of sp³-hybridized carbons (Fsp3) is 0.737. The number of hydrogen-bond donors (Lipinski definition) is 6. The van der Waals surface area contributed by atoms with E-state index in [-0.39, 0.29) is 25.8 Å². The van der Waals surface area contributed by atoms with E-state index in [2.05, 4.69) is 10.6 Å². The molecule has 3 amide bonds. The first-order chi connectivity index (χ1) is 14.6. The second-order valence-corrected chi connectivity index (χ2v) is 7.66. The highest BCUT2D eigenvalue weighted by Gasteiger charge is 2.39. The first kappa shape index (κ1) is 26.3. The van der Waals surface area contributed by atoms with Crippen molar-refractivity contribution in [2.75, 3.05) is 13.1 Å². The molecule has 4 unspecified atom stereocenters. The Kier molecular flexibility index (Phi) is 10.9. The standard InChI is InChI=1S/C19H33N5O7/c1-11(21)16(27)22-12(7-8-15(25)26)18(29)24-10-4-6-14(24)17(28)23-13(19(30)31)5-2-3-9-20/h11-14H,2-10,20-21H2,1H3,(H,22,27)(H,23,28)(H,25,26)(H,30,31). The SMILES string of the molecule is CC(N)C(=O)NC(CCC(=O)O)C(=O)N1CCCC1C(=O)NC(CCCCN)C(=O)O. The number of rotatable bonds is 13. The zero-order chi connectivity index (χ0) is 23.6. The Hall–Kier alpha value is -2.73. The molecule has 1 saturated heterocycles. The number of unbranched alkanes of at least 4 members (excludes halogenated alkanes) is 1. The van der Waals surface area contributed by atoms with Crippen molar-refractivity contribution in [3.05, 3.63) is 0 Å². The molecule has 176 valence electrons. The number of amides is 3. The lowest BCUT2D eigenvalue weighted by molar-refractivity contribution is -0.145. The summed E-state index contributed by atoms with van der Waals surface area (Å²) in [6.07, 6.45) is 1.70. The second-order valence-electron chi connectivity index (χ2n) is 7.66. The van der Waals surface area contributed by atoms with Crippen LogP contribution in [0.2, 0.25) is 0 Å². The van der Waals surface area contributed by atoms with Crippen LogP contribution in [0.25, 0.3) is 0 Å². The molecule has 1 heterocycles. The molecular weight excluding hydrogens is 410 g/mol. The zero-order valence-electron chi connectivity index (χ0n) is 17.7. The number of nitrogens with zero attached hydrogens (tertiary/aromatic N) is 1. The first-order valence-corrected chi connectivity index (χ1v) is 10.4. The minimum absolute atomic E-state index is 0.158. The number of carbonyl (C=O) groups excluding carboxylic acids is 3. The molecule has 0 saturated carbocycles. The van der Waals surface area contributed by atoms with Gasteiger partial charge in [-0.25, -0.2) is 4.79 Å². The van der Waals surface area contributed by atoms with E-state index in [0.29, 0.717) is 32.2 Å². The molecule has 4 atom stereocenters. The number of carboxylic acids is 2. The molecule has 8 N–H and O–H groups in total. The highest BCUT2D eigenvalue weighted by atomic mass is 16.4. The molecule has 0 aromatic rings. The molecule has 1 rings (SSSR count). The average molecular weight is 444 g/mol. The Bertz CT molecular complexity index is 670. The third-order valence-corrected chi connectivity index (χ3v) is 5.08. The number of hydrogen-bond acceptors (Lipinski definition) is 7. The van der Waals surface area contributed by atoms with Crippen LogP contribution in [0.1, 0.15) is 51.9 Å². The maximum atomic E-state index is 13.0. The minimum atomic E-state index is -1.18.